The second-order valence-corrected chi connectivity index (χ2v) is 8.00. The zero-order chi connectivity index (χ0) is 23.0. The molecule has 0 spiro atoms. The summed E-state index contributed by atoms with van der Waals surface area (Å²) in [7, 11) is 0. The molecule has 7 N–H and O–H groups in total. The van der Waals surface area contributed by atoms with Crippen LogP contribution in [0.4, 0.5) is 0 Å². The number of rotatable bonds is 12. The lowest BCUT2D eigenvalue weighted by Crippen LogP contribution is -2.55. The van der Waals surface area contributed by atoms with Gasteiger partial charge in [-0.25, -0.2) is 4.79 Å². The van der Waals surface area contributed by atoms with Crippen LogP contribution in [-0.2, 0) is 25.6 Å². The van der Waals surface area contributed by atoms with Gasteiger partial charge in [0.2, 0.25) is 11.8 Å². The molecule has 0 aliphatic heterocycles. The van der Waals surface area contributed by atoms with Crippen LogP contribution in [0.25, 0.3) is 10.9 Å². The van der Waals surface area contributed by atoms with Gasteiger partial charge in [0, 0.05) is 23.5 Å². The van der Waals surface area contributed by atoms with Crippen molar-refractivity contribution in [3.63, 3.8) is 0 Å². The quantitative estimate of drug-likeness (QED) is 0.268. The highest BCUT2D eigenvalue weighted by Crippen LogP contribution is 2.19. The Hall–Kier alpha value is -3.05. The first-order chi connectivity index (χ1) is 14.7. The third-order valence-electron chi connectivity index (χ3n) is 4.69. The van der Waals surface area contributed by atoms with E-state index in [1.54, 1.807) is 6.20 Å². The lowest BCUT2D eigenvalue weighted by atomic mass is 10.0. The fourth-order valence-corrected chi connectivity index (χ4v) is 3.53. The van der Waals surface area contributed by atoms with Crippen molar-refractivity contribution in [2.24, 2.45) is 5.73 Å². The molecular formula is C20H26N4O6S. The topological polar surface area (TPSA) is 175 Å². The van der Waals surface area contributed by atoms with Gasteiger partial charge < -0.3 is 31.6 Å². The summed E-state index contributed by atoms with van der Waals surface area (Å²) in [6.45, 7) is 0. The maximum absolute atomic E-state index is 12.9. The first-order valence-electron chi connectivity index (χ1n) is 9.57. The highest BCUT2D eigenvalue weighted by Gasteiger charge is 2.29. The Bertz CT molecular complexity index is 947. The minimum absolute atomic E-state index is 0.0657. The Labute approximate surface area is 182 Å². The molecule has 0 fully saturated rings. The van der Waals surface area contributed by atoms with Crippen LogP contribution in [-0.4, -0.2) is 69.1 Å². The predicted molar refractivity (Wildman–Crippen MR) is 117 cm³/mol. The summed E-state index contributed by atoms with van der Waals surface area (Å²) in [4.78, 5) is 50.7. The summed E-state index contributed by atoms with van der Waals surface area (Å²) in [6, 6.07) is 3.80. The number of aromatic amines is 1. The Kier molecular flexibility index (Phi) is 8.88. The van der Waals surface area contributed by atoms with E-state index in [-0.39, 0.29) is 12.8 Å². The van der Waals surface area contributed by atoms with Crippen molar-refractivity contribution < 1.29 is 29.4 Å². The van der Waals surface area contributed by atoms with Crippen LogP contribution < -0.4 is 16.4 Å². The van der Waals surface area contributed by atoms with Gasteiger partial charge in [0.1, 0.15) is 12.1 Å². The van der Waals surface area contributed by atoms with Crippen molar-refractivity contribution in [3.05, 3.63) is 36.0 Å². The Morgan fingerprint density at radius 2 is 1.77 bits per heavy atom. The minimum Gasteiger partial charge on any atom is -0.481 e. The number of amides is 2. The van der Waals surface area contributed by atoms with E-state index in [2.05, 4.69) is 15.6 Å². The lowest BCUT2D eigenvalue weighted by Gasteiger charge is -2.22. The van der Waals surface area contributed by atoms with Gasteiger partial charge in [-0.15, -0.1) is 0 Å². The van der Waals surface area contributed by atoms with Crippen LogP contribution in [0.2, 0.25) is 0 Å². The van der Waals surface area contributed by atoms with Crippen molar-refractivity contribution >= 4 is 46.4 Å². The van der Waals surface area contributed by atoms with Gasteiger partial charge in [-0.2, -0.15) is 11.8 Å². The lowest BCUT2D eigenvalue weighted by molar-refractivity contribution is -0.142. The molecule has 2 aromatic rings. The van der Waals surface area contributed by atoms with Gasteiger partial charge >= 0.3 is 11.9 Å². The van der Waals surface area contributed by atoms with Crippen LogP contribution in [0, 0.1) is 0 Å². The number of carboxylic acid groups (broad SMARTS) is 2. The van der Waals surface area contributed by atoms with E-state index in [1.807, 2.05) is 30.5 Å². The normalized spacial score (nSPS) is 13.9. The fraction of sp³-hybridized carbons (Fsp3) is 0.400. The number of benzene rings is 1. The number of nitrogens with two attached hydrogens (primary N) is 1. The maximum Gasteiger partial charge on any atom is 0.326 e. The van der Waals surface area contributed by atoms with E-state index in [9.17, 15) is 24.3 Å². The van der Waals surface area contributed by atoms with Crippen molar-refractivity contribution in [2.45, 2.75) is 37.4 Å². The van der Waals surface area contributed by atoms with Gasteiger partial charge in [0.25, 0.3) is 0 Å². The maximum atomic E-state index is 12.9. The van der Waals surface area contributed by atoms with E-state index in [1.165, 1.54) is 11.8 Å². The predicted octanol–water partition coefficient (Wildman–Crippen LogP) is 0.320. The van der Waals surface area contributed by atoms with Crippen molar-refractivity contribution in [1.29, 1.82) is 0 Å². The van der Waals surface area contributed by atoms with Crippen LogP contribution in [0.1, 0.15) is 18.4 Å². The highest BCUT2D eigenvalue weighted by atomic mass is 32.2. The Balaban J connectivity index is 2.23. The van der Waals surface area contributed by atoms with Gasteiger partial charge in [-0.05, 0) is 30.1 Å². The SMILES string of the molecule is CSCC[C@H](NC(=O)[C@H](Cc1c[nH]c2ccccc12)NC(=O)[C@@H](N)CC(=O)O)C(=O)O. The first-order valence-corrected chi connectivity index (χ1v) is 11.0. The molecule has 0 unspecified atom stereocenters. The largest absolute Gasteiger partial charge is 0.481 e. The number of carbonyl (C=O) groups excluding carboxylic acids is 2. The van der Waals surface area contributed by atoms with Crippen molar-refractivity contribution in [1.82, 2.24) is 15.6 Å². The summed E-state index contributed by atoms with van der Waals surface area (Å²) in [6.07, 6.45) is 3.21. The Morgan fingerprint density at radius 3 is 2.42 bits per heavy atom. The molecule has 0 saturated carbocycles. The molecule has 2 amide bonds. The molecule has 1 aromatic carbocycles. The number of nitrogens with one attached hydrogen (secondary N) is 3. The number of hydrogen-bond acceptors (Lipinski definition) is 6. The fourth-order valence-electron chi connectivity index (χ4n) is 3.05. The van der Waals surface area contributed by atoms with Crippen molar-refractivity contribution in [3.8, 4) is 0 Å². The molecule has 10 nitrogen and oxygen atoms in total. The molecule has 1 aromatic heterocycles. The van der Waals surface area contributed by atoms with E-state index < -0.39 is 48.3 Å². The molecule has 0 aliphatic carbocycles. The summed E-state index contributed by atoms with van der Waals surface area (Å²) in [5, 5.41) is 24.0. The number of H-pyrrole nitrogens is 1. The number of aromatic nitrogens is 1. The van der Waals surface area contributed by atoms with E-state index in [4.69, 9.17) is 10.8 Å². The molecule has 0 aliphatic rings. The molecule has 0 saturated heterocycles. The number of carboxylic acids is 2. The number of carbonyl (C=O) groups is 4. The monoisotopic (exact) mass is 450 g/mol. The number of fused-ring (bicyclic) bond motifs is 1. The molecule has 3 atom stereocenters. The van der Waals surface area contributed by atoms with E-state index in [0.717, 1.165) is 16.5 Å². The first kappa shape index (κ1) is 24.2. The third-order valence-corrected chi connectivity index (χ3v) is 5.33. The van der Waals surface area contributed by atoms with Crippen LogP contribution in [0.15, 0.2) is 30.5 Å². The van der Waals surface area contributed by atoms with Gasteiger partial charge in [-0.1, -0.05) is 18.2 Å². The zero-order valence-corrected chi connectivity index (χ0v) is 17.8. The number of thioether (sulfide) groups is 1. The van der Waals surface area contributed by atoms with Crippen LogP contribution in [0.5, 0.6) is 0 Å². The zero-order valence-electron chi connectivity index (χ0n) is 17.0. The average Bonchev–Trinajstić information content (AvgIpc) is 3.12. The smallest absolute Gasteiger partial charge is 0.326 e. The molecule has 11 heteroatoms. The van der Waals surface area contributed by atoms with E-state index >= 15 is 0 Å². The number of aliphatic carboxylic acids is 2. The summed E-state index contributed by atoms with van der Waals surface area (Å²) >= 11 is 1.45. The second kappa shape index (κ2) is 11.4. The van der Waals surface area contributed by atoms with Crippen LogP contribution >= 0.6 is 11.8 Å². The van der Waals surface area contributed by atoms with Gasteiger partial charge in [0.15, 0.2) is 0 Å². The molecule has 1 heterocycles. The summed E-state index contributed by atoms with van der Waals surface area (Å²) in [5.74, 6) is -3.39. The van der Waals surface area contributed by atoms with E-state index in [0.29, 0.717) is 5.75 Å². The number of hydrogen-bond donors (Lipinski definition) is 6. The van der Waals surface area contributed by atoms with Crippen molar-refractivity contribution in [2.75, 3.05) is 12.0 Å². The minimum atomic E-state index is -1.34. The molecular weight excluding hydrogens is 424 g/mol. The molecule has 0 bridgehead atoms. The highest BCUT2D eigenvalue weighted by molar-refractivity contribution is 7.98. The average molecular weight is 451 g/mol. The molecule has 168 valence electrons. The standard InChI is InChI=1S/C20H26N4O6S/c1-31-7-6-15(20(29)30)23-19(28)16(24-18(27)13(21)9-17(25)26)8-11-10-22-14-5-3-2-4-12(11)14/h2-5,10,13,15-16,22H,6-9,21H2,1H3,(H,23,28)(H,24,27)(H,25,26)(H,29,30)/t13-,15-,16-/m0/s1. The number of para-hydroxylation sites is 1. The third kappa shape index (κ3) is 7.00. The van der Waals surface area contributed by atoms with Gasteiger partial charge in [0.05, 0.1) is 12.5 Å². The molecule has 0 radical (unpaired) electrons. The second-order valence-electron chi connectivity index (χ2n) is 7.01. The summed E-state index contributed by atoms with van der Waals surface area (Å²) in [5.41, 5.74) is 7.19. The molecule has 31 heavy (non-hydrogen) atoms. The van der Waals surface area contributed by atoms with Gasteiger partial charge in [-0.3, -0.25) is 14.4 Å². The molecule has 2 rings (SSSR count). The Morgan fingerprint density at radius 1 is 1.10 bits per heavy atom. The van der Waals surface area contributed by atoms with Crippen LogP contribution in [0.3, 0.4) is 0 Å². The summed E-state index contributed by atoms with van der Waals surface area (Å²) < 4.78 is 0.